The summed E-state index contributed by atoms with van der Waals surface area (Å²) in [5.74, 6) is 0. The Balaban J connectivity index is 3.55. The summed E-state index contributed by atoms with van der Waals surface area (Å²) in [4.78, 5) is 0. The van der Waals surface area contributed by atoms with Gasteiger partial charge in [0.05, 0.1) is 0 Å². The van der Waals surface area contributed by atoms with Crippen molar-refractivity contribution in [2.24, 2.45) is 0 Å². The molecule has 0 fully saturated rings. The molecular formula is C5H11NO3. The molecule has 0 spiro atoms. The molecule has 0 aliphatic carbocycles. The standard InChI is InChI=1S/C5H11NO3/c1-5(8)4-6(9)2-3-7/h4-5,7-8H,2-3H2,1H3/b6-4-. The maximum atomic E-state index is 10.4. The second-order valence-corrected chi connectivity index (χ2v) is 1.75. The zero-order chi connectivity index (χ0) is 7.28. The first kappa shape index (κ1) is 8.39. The van der Waals surface area contributed by atoms with Crippen LogP contribution in [0, 0.1) is 5.21 Å². The van der Waals surface area contributed by atoms with Crippen LogP contribution in [-0.4, -0.2) is 40.4 Å². The van der Waals surface area contributed by atoms with Gasteiger partial charge in [0.15, 0.2) is 12.8 Å². The van der Waals surface area contributed by atoms with E-state index in [-0.39, 0.29) is 13.2 Å². The van der Waals surface area contributed by atoms with Crippen molar-refractivity contribution in [2.75, 3.05) is 13.2 Å². The maximum Gasteiger partial charge on any atom is 0.179 e. The molecule has 4 nitrogen and oxygen atoms in total. The van der Waals surface area contributed by atoms with E-state index in [1.807, 2.05) is 0 Å². The van der Waals surface area contributed by atoms with E-state index in [0.29, 0.717) is 4.74 Å². The van der Waals surface area contributed by atoms with Gasteiger partial charge in [-0.3, -0.25) is 0 Å². The quantitative estimate of drug-likeness (QED) is 0.223. The first-order valence-corrected chi connectivity index (χ1v) is 2.74. The van der Waals surface area contributed by atoms with E-state index in [1.165, 1.54) is 6.92 Å². The third-order valence-corrected chi connectivity index (χ3v) is 0.702. The first-order chi connectivity index (χ1) is 4.16. The average Bonchev–Trinajstić information content (AvgIpc) is 1.63. The maximum absolute atomic E-state index is 10.4. The largest absolute Gasteiger partial charge is 0.624 e. The zero-order valence-corrected chi connectivity index (χ0v) is 5.32. The topological polar surface area (TPSA) is 66.5 Å². The summed E-state index contributed by atoms with van der Waals surface area (Å²) >= 11 is 0. The minimum atomic E-state index is -0.742. The Morgan fingerprint density at radius 3 is 2.67 bits per heavy atom. The summed E-state index contributed by atoms with van der Waals surface area (Å²) in [7, 11) is 0. The molecule has 0 radical (unpaired) electrons. The van der Waals surface area contributed by atoms with E-state index in [1.54, 1.807) is 0 Å². The number of nitrogens with zero attached hydrogens (tertiary/aromatic N) is 1. The van der Waals surface area contributed by atoms with Crippen molar-refractivity contribution in [3.8, 4) is 0 Å². The fourth-order valence-electron chi connectivity index (χ4n) is 0.414. The van der Waals surface area contributed by atoms with E-state index in [9.17, 15) is 5.21 Å². The molecule has 0 aromatic carbocycles. The summed E-state index contributed by atoms with van der Waals surface area (Å²) in [6, 6.07) is 0. The van der Waals surface area contributed by atoms with E-state index < -0.39 is 6.10 Å². The minimum Gasteiger partial charge on any atom is -0.624 e. The number of rotatable bonds is 3. The molecule has 0 amide bonds. The highest BCUT2D eigenvalue weighted by Gasteiger charge is 1.94. The molecule has 0 aromatic heterocycles. The van der Waals surface area contributed by atoms with Gasteiger partial charge in [-0.2, -0.15) is 0 Å². The summed E-state index contributed by atoms with van der Waals surface area (Å²) < 4.78 is 0.505. The van der Waals surface area contributed by atoms with Crippen molar-refractivity contribution in [2.45, 2.75) is 13.0 Å². The second-order valence-electron chi connectivity index (χ2n) is 1.75. The third kappa shape index (κ3) is 5.26. The number of hydrogen-bond acceptors (Lipinski definition) is 3. The Labute approximate surface area is 53.6 Å². The van der Waals surface area contributed by atoms with Crippen molar-refractivity contribution >= 4 is 6.21 Å². The van der Waals surface area contributed by atoms with Crippen LogP contribution < -0.4 is 0 Å². The van der Waals surface area contributed by atoms with Crippen LogP contribution in [0.25, 0.3) is 0 Å². The lowest BCUT2D eigenvalue weighted by atomic mass is 10.4. The molecule has 0 aliphatic rings. The fraction of sp³-hybridized carbons (Fsp3) is 0.800. The highest BCUT2D eigenvalue weighted by Crippen LogP contribution is 1.73. The third-order valence-electron chi connectivity index (χ3n) is 0.702. The first-order valence-electron chi connectivity index (χ1n) is 2.74. The molecule has 1 unspecified atom stereocenters. The zero-order valence-electron chi connectivity index (χ0n) is 5.32. The lowest BCUT2D eigenvalue weighted by Crippen LogP contribution is -2.16. The smallest absolute Gasteiger partial charge is 0.179 e. The summed E-state index contributed by atoms with van der Waals surface area (Å²) in [6.45, 7) is 1.31. The van der Waals surface area contributed by atoms with Crippen molar-refractivity contribution in [1.29, 1.82) is 0 Å². The van der Waals surface area contributed by atoms with Crippen molar-refractivity contribution in [3.05, 3.63) is 5.21 Å². The van der Waals surface area contributed by atoms with Gasteiger partial charge < -0.3 is 15.4 Å². The normalized spacial score (nSPS) is 15.7. The molecule has 0 aliphatic heterocycles. The van der Waals surface area contributed by atoms with E-state index in [0.717, 1.165) is 6.21 Å². The van der Waals surface area contributed by atoms with E-state index >= 15 is 0 Å². The van der Waals surface area contributed by atoms with Crippen LogP contribution in [0.3, 0.4) is 0 Å². The highest BCUT2D eigenvalue weighted by atomic mass is 16.5. The van der Waals surface area contributed by atoms with Gasteiger partial charge >= 0.3 is 0 Å². The summed E-state index contributed by atoms with van der Waals surface area (Å²) in [6.07, 6.45) is 0.352. The summed E-state index contributed by atoms with van der Waals surface area (Å²) in [5, 5.41) is 27.2. The van der Waals surface area contributed by atoms with Crippen LogP contribution in [0.2, 0.25) is 0 Å². The van der Waals surface area contributed by atoms with Crippen molar-refractivity contribution in [3.63, 3.8) is 0 Å². The molecule has 0 bridgehead atoms. The molecule has 0 aromatic rings. The average molecular weight is 133 g/mol. The summed E-state index contributed by atoms with van der Waals surface area (Å²) in [5.41, 5.74) is 0. The molecule has 2 N–H and O–H groups in total. The Morgan fingerprint density at radius 2 is 2.33 bits per heavy atom. The van der Waals surface area contributed by atoms with Gasteiger partial charge in [-0.15, -0.1) is 0 Å². The molecular weight excluding hydrogens is 122 g/mol. The van der Waals surface area contributed by atoms with Crippen LogP contribution in [0.4, 0.5) is 0 Å². The SMILES string of the molecule is CC(O)/C=[N+](\[O-])CCO. The van der Waals surface area contributed by atoms with Gasteiger partial charge in [-0.05, 0) is 6.92 Å². The predicted octanol–water partition coefficient (Wildman–Crippen LogP) is -1.06. The Hall–Kier alpha value is -0.610. The second kappa shape index (κ2) is 4.29. The van der Waals surface area contributed by atoms with Gasteiger partial charge in [0, 0.05) is 0 Å². The monoisotopic (exact) mass is 133 g/mol. The highest BCUT2D eigenvalue weighted by molar-refractivity contribution is 5.56. The Kier molecular flexibility index (Phi) is 4.00. The number of hydrogen-bond donors (Lipinski definition) is 2. The molecule has 0 saturated heterocycles. The van der Waals surface area contributed by atoms with E-state index in [2.05, 4.69) is 0 Å². The predicted molar refractivity (Wildman–Crippen MR) is 33.3 cm³/mol. The van der Waals surface area contributed by atoms with Crippen LogP contribution in [-0.2, 0) is 0 Å². The van der Waals surface area contributed by atoms with E-state index in [4.69, 9.17) is 10.2 Å². The van der Waals surface area contributed by atoms with Crippen molar-refractivity contribution in [1.82, 2.24) is 0 Å². The fourth-order valence-corrected chi connectivity index (χ4v) is 0.414. The Bertz CT molecular complexity index is 100. The van der Waals surface area contributed by atoms with Crippen LogP contribution in [0.15, 0.2) is 0 Å². The van der Waals surface area contributed by atoms with Gasteiger partial charge in [-0.1, -0.05) is 0 Å². The van der Waals surface area contributed by atoms with Crippen molar-refractivity contribution < 1.29 is 15.0 Å². The van der Waals surface area contributed by atoms with Gasteiger partial charge in [0.25, 0.3) is 0 Å². The molecule has 0 saturated carbocycles. The molecule has 0 rings (SSSR count). The number of aliphatic hydroxyl groups is 2. The molecule has 9 heavy (non-hydrogen) atoms. The van der Waals surface area contributed by atoms with Crippen LogP contribution >= 0.6 is 0 Å². The van der Waals surface area contributed by atoms with Crippen LogP contribution in [0.5, 0.6) is 0 Å². The number of aliphatic hydroxyl groups excluding tert-OH is 2. The molecule has 0 heterocycles. The minimum absolute atomic E-state index is 0.0187. The number of hydroxylamine groups is 1. The van der Waals surface area contributed by atoms with Gasteiger partial charge in [0.2, 0.25) is 0 Å². The van der Waals surface area contributed by atoms with Gasteiger partial charge in [0.1, 0.15) is 12.7 Å². The molecule has 54 valence electrons. The molecule has 4 heteroatoms. The lowest BCUT2D eigenvalue weighted by Gasteiger charge is -2.01. The Morgan fingerprint density at radius 1 is 1.78 bits per heavy atom. The van der Waals surface area contributed by atoms with Crippen LogP contribution in [0.1, 0.15) is 6.92 Å². The molecule has 1 atom stereocenters. The lowest BCUT2D eigenvalue weighted by molar-refractivity contribution is -0.458. The van der Waals surface area contributed by atoms with Gasteiger partial charge in [-0.25, -0.2) is 4.74 Å².